The molecular formula is C31H29N11O11S3. The monoisotopic (exact) mass is 827 g/mol. The lowest BCUT2D eigenvalue weighted by atomic mass is 10.0. The Morgan fingerprint density at radius 1 is 1.07 bits per heavy atom. The van der Waals surface area contributed by atoms with E-state index in [1.807, 2.05) is 0 Å². The van der Waals surface area contributed by atoms with Gasteiger partial charge in [-0.2, -0.15) is 9.50 Å². The quantitative estimate of drug-likeness (QED) is 0.0234. The van der Waals surface area contributed by atoms with E-state index in [4.69, 9.17) is 10.6 Å². The van der Waals surface area contributed by atoms with Crippen LogP contribution in [0, 0.1) is 6.92 Å². The third-order valence-electron chi connectivity index (χ3n) is 7.95. The highest BCUT2D eigenvalue weighted by molar-refractivity contribution is 8.01. The maximum Gasteiger partial charge on any atom is 0.375 e. The van der Waals surface area contributed by atoms with Crippen LogP contribution in [0.2, 0.25) is 0 Å². The van der Waals surface area contributed by atoms with Crippen molar-refractivity contribution < 1.29 is 54.0 Å². The number of thiazole rings is 1. The van der Waals surface area contributed by atoms with Crippen molar-refractivity contribution in [2.75, 3.05) is 17.2 Å². The molecule has 22 nitrogen and oxygen atoms in total. The summed E-state index contributed by atoms with van der Waals surface area (Å²) in [7, 11) is 0. The number of aliphatic carboxylic acids is 1. The second kappa shape index (κ2) is 15.3. The van der Waals surface area contributed by atoms with Crippen molar-refractivity contribution in [1.82, 2.24) is 45.6 Å². The van der Waals surface area contributed by atoms with E-state index in [1.165, 1.54) is 41.6 Å². The van der Waals surface area contributed by atoms with Crippen molar-refractivity contribution in [3.8, 4) is 11.5 Å². The number of aromatic carboxylic acids is 1. The van der Waals surface area contributed by atoms with Gasteiger partial charge in [-0.3, -0.25) is 34.9 Å². The van der Waals surface area contributed by atoms with Gasteiger partial charge >= 0.3 is 11.9 Å². The number of phenols is 2. The summed E-state index contributed by atoms with van der Waals surface area (Å²) < 4.78 is 1.23. The Morgan fingerprint density at radius 2 is 1.82 bits per heavy atom. The van der Waals surface area contributed by atoms with Crippen molar-refractivity contribution in [3.63, 3.8) is 0 Å². The molecule has 2 aliphatic rings. The van der Waals surface area contributed by atoms with E-state index < -0.39 is 75.6 Å². The molecule has 0 spiro atoms. The van der Waals surface area contributed by atoms with Crippen LogP contribution >= 0.6 is 34.9 Å². The average Bonchev–Trinajstić information content (AvgIpc) is 3.78. The number of nitrogens with zero attached hydrogens (tertiary/aromatic N) is 7. The van der Waals surface area contributed by atoms with Gasteiger partial charge in [0.15, 0.2) is 22.3 Å². The first-order valence-electron chi connectivity index (χ1n) is 15.9. The van der Waals surface area contributed by atoms with Crippen molar-refractivity contribution >= 4 is 87.0 Å². The first kappa shape index (κ1) is 39.2. The van der Waals surface area contributed by atoms with Crippen LogP contribution in [-0.4, -0.2) is 120 Å². The highest BCUT2D eigenvalue weighted by Crippen LogP contribution is 2.41. The number of carboxylic acid groups (broad SMARTS) is 2. The van der Waals surface area contributed by atoms with Gasteiger partial charge in [-0.15, -0.1) is 40.0 Å². The molecular weight excluding hydrogens is 799 g/mol. The highest BCUT2D eigenvalue weighted by Gasteiger charge is 2.54. The molecule has 3 aromatic heterocycles. The molecule has 1 unspecified atom stereocenters. The zero-order chi connectivity index (χ0) is 40.6. The van der Waals surface area contributed by atoms with Crippen LogP contribution in [0.4, 0.5) is 5.13 Å². The molecule has 0 bridgehead atoms. The minimum atomic E-state index is -1.83. The van der Waals surface area contributed by atoms with Gasteiger partial charge in [0.05, 0.1) is 0 Å². The number of phenolic OH excluding ortho intramolecular Hbond substituents is 2. The summed E-state index contributed by atoms with van der Waals surface area (Å²) in [5.41, 5.74) is 8.23. The number of rotatable bonds is 12. The number of thioether (sulfide) groups is 2. The zero-order valence-electron chi connectivity index (χ0n) is 29.0. The number of nitrogen functional groups attached to an aromatic ring is 1. The number of anilines is 1. The Balaban J connectivity index is 1.14. The maximum atomic E-state index is 13.6. The van der Waals surface area contributed by atoms with Gasteiger partial charge in [0.2, 0.25) is 5.60 Å². The molecule has 0 aliphatic carbocycles. The fourth-order valence-corrected chi connectivity index (χ4v) is 8.20. The smallest absolute Gasteiger partial charge is 0.375 e. The van der Waals surface area contributed by atoms with E-state index >= 15 is 0 Å². The molecule has 292 valence electrons. The number of benzene rings is 1. The number of hydrogen-bond donors (Lipinski definition) is 8. The molecule has 0 radical (unpaired) electrons. The fraction of sp³-hybridized carbons (Fsp3) is 0.258. The topological polar surface area (TPSA) is 326 Å². The molecule has 1 aromatic carbocycles. The predicted octanol–water partition coefficient (Wildman–Crippen LogP) is 0.0722. The van der Waals surface area contributed by atoms with Gasteiger partial charge in [-0.1, -0.05) is 5.16 Å². The van der Waals surface area contributed by atoms with Crippen LogP contribution in [0.15, 0.2) is 51.1 Å². The van der Waals surface area contributed by atoms with Crippen LogP contribution in [0.5, 0.6) is 11.5 Å². The number of nitrogens with two attached hydrogens (primary N) is 1. The molecule has 5 heterocycles. The molecule has 4 aromatic rings. The Morgan fingerprint density at radius 3 is 2.48 bits per heavy atom. The molecule has 2 aliphatic heterocycles. The second-order valence-electron chi connectivity index (χ2n) is 12.3. The van der Waals surface area contributed by atoms with Gasteiger partial charge in [-0.05, 0) is 50.6 Å². The minimum Gasteiger partial charge on any atom is -0.504 e. The van der Waals surface area contributed by atoms with Gasteiger partial charge in [0.1, 0.15) is 27.8 Å². The van der Waals surface area contributed by atoms with Crippen LogP contribution in [-0.2, 0) is 24.0 Å². The second-order valence-corrected chi connectivity index (χ2v) is 15.3. The molecule has 4 amide bonds. The lowest BCUT2D eigenvalue weighted by molar-refractivity contribution is -0.150. The third kappa shape index (κ3) is 7.85. The number of hydrazine groups is 1. The molecule has 1 saturated heterocycles. The minimum absolute atomic E-state index is 0.0467. The molecule has 6 rings (SSSR count). The number of aromatic nitrogens is 5. The van der Waals surface area contributed by atoms with Crippen LogP contribution in [0.1, 0.15) is 46.2 Å². The SMILES string of the molecule is Cc1cc(SCC2=C(C(=O)O)N3C(=O)C(NC(=O)C(=NOC(C)(C)C(=O)NNC(=O)c4ccc(O)c(O)c4)c4csc(N)n4)[C@@H]3SC2)n2nc(C(=O)O)nc2n1. The number of carboxylic acids is 2. The zero-order valence-corrected chi connectivity index (χ0v) is 31.5. The fourth-order valence-electron chi connectivity index (χ4n) is 5.12. The third-order valence-corrected chi connectivity index (χ3v) is 11.0. The van der Waals surface area contributed by atoms with Gasteiger partial charge < -0.3 is 36.3 Å². The molecule has 2 atom stereocenters. The average molecular weight is 828 g/mol. The summed E-state index contributed by atoms with van der Waals surface area (Å²) in [5, 5.41) is 50.0. The van der Waals surface area contributed by atoms with E-state index in [9.17, 15) is 49.2 Å². The summed E-state index contributed by atoms with van der Waals surface area (Å²) >= 11 is 3.31. The van der Waals surface area contributed by atoms with Crippen molar-refractivity contribution in [2.24, 2.45) is 5.16 Å². The summed E-state index contributed by atoms with van der Waals surface area (Å²) in [5.74, 6) is -7.37. The molecule has 25 heteroatoms. The van der Waals surface area contributed by atoms with Crippen molar-refractivity contribution in [3.05, 3.63) is 63.7 Å². The van der Waals surface area contributed by atoms with E-state index in [0.717, 1.165) is 40.1 Å². The number of oxime groups is 1. The number of fused-ring (bicyclic) bond motifs is 2. The van der Waals surface area contributed by atoms with Gasteiger partial charge in [0, 0.05) is 28.1 Å². The lowest BCUT2D eigenvalue weighted by Gasteiger charge is -2.49. The number of aromatic hydroxyl groups is 2. The Labute approximate surface area is 326 Å². The number of β-lactam (4-membered cyclic amide) rings is 1. The number of carbonyl (C=O) groups excluding carboxylic acids is 4. The highest BCUT2D eigenvalue weighted by atomic mass is 32.2. The summed E-state index contributed by atoms with van der Waals surface area (Å²) in [6, 6.07) is 3.69. The van der Waals surface area contributed by atoms with Gasteiger partial charge in [0.25, 0.3) is 35.2 Å². The normalized spacial score (nSPS) is 16.9. The lowest BCUT2D eigenvalue weighted by Crippen LogP contribution is -2.71. The predicted molar refractivity (Wildman–Crippen MR) is 196 cm³/mol. The van der Waals surface area contributed by atoms with E-state index in [2.05, 4.69) is 41.4 Å². The Kier molecular flexibility index (Phi) is 10.7. The number of aryl methyl sites for hydroxylation is 1. The molecule has 56 heavy (non-hydrogen) atoms. The van der Waals surface area contributed by atoms with Crippen molar-refractivity contribution in [2.45, 2.75) is 42.8 Å². The number of carbonyl (C=O) groups is 6. The first-order chi connectivity index (χ1) is 26.4. The van der Waals surface area contributed by atoms with Crippen molar-refractivity contribution in [1.29, 1.82) is 0 Å². The Hall–Kier alpha value is -6.47. The van der Waals surface area contributed by atoms with E-state index in [1.54, 1.807) is 13.0 Å². The molecule has 9 N–H and O–H groups in total. The standard InChI is InChI=1S/C31H29N11O11S3/c1-11-6-17(42-30(33-11)36-21(39-42)27(50)51)54-8-13-9-55-25-19(24(47)41(25)20(13)26(48)49)35-23(46)18(14-10-56-29(32)34-14)40-53-31(2,3)28(52)38-37-22(45)12-4-5-15(43)16(44)7-12/h4-7,10,19,25,43-44H,8-9H2,1-3H3,(H2,32,34)(H,35,46)(H,37,45)(H,38,52)(H,48,49)(H,50,51)/t19?,25-/m0/s1. The largest absolute Gasteiger partial charge is 0.504 e. The molecule has 0 saturated carbocycles. The first-order valence-corrected chi connectivity index (χ1v) is 18.8. The Bertz CT molecular complexity index is 2390. The van der Waals surface area contributed by atoms with Gasteiger partial charge in [-0.25, -0.2) is 19.6 Å². The summed E-state index contributed by atoms with van der Waals surface area (Å²) in [4.78, 5) is 95.1. The number of amides is 4. The maximum absolute atomic E-state index is 13.6. The summed E-state index contributed by atoms with van der Waals surface area (Å²) in [6.07, 6.45) is 0. The van der Waals surface area contributed by atoms with Crippen LogP contribution < -0.4 is 21.9 Å². The number of hydrogen-bond acceptors (Lipinski definition) is 18. The van der Waals surface area contributed by atoms with Crippen LogP contribution in [0.25, 0.3) is 5.78 Å². The molecule has 1 fully saturated rings. The van der Waals surface area contributed by atoms with E-state index in [-0.39, 0.29) is 39.4 Å². The number of nitrogens with one attached hydrogen (secondary N) is 3. The van der Waals surface area contributed by atoms with E-state index in [0.29, 0.717) is 16.3 Å². The summed E-state index contributed by atoms with van der Waals surface area (Å²) in [6.45, 7) is 4.22. The van der Waals surface area contributed by atoms with Crippen LogP contribution in [0.3, 0.4) is 0 Å².